The van der Waals surface area contributed by atoms with Gasteiger partial charge in [-0.2, -0.15) is 0 Å². The summed E-state index contributed by atoms with van der Waals surface area (Å²) in [6.45, 7) is 2.12. The van der Waals surface area contributed by atoms with Gasteiger partial charge in [0.15, 0.2) is 0 Å². The van der Waals surface area contributed by atoms with E-state index < -0.39 is 5.91 Å². The second kappa shape index (κ2) is 7.79. The van der Waals surface area contributed by atoms with Gasteiger partial charge in [0, 0.05) is 12.1 Å². The predicted octanol–water partition coefficient (Wildman–Crippen LogP) is 0.0870. The van der Waals surface area contributed by atoms with E-state index in [0.717, 1.165) is 4.90 Å². The smallest absolute Gasteiger partial charge is 0.261 e. The Balaban J connectivity index is 1.85. The Bertz CT molecular complexity index is 573. The first-order valence-electron chi connectivity index (χ1n) is 7.00. The summed E-state index contributed by atoms with van der Waals surface area (Å²) in [5.74, 6) is -0.757. The molecule has 2 amide bonds. The monoisotopic (exact) mass is 306 g/mol. The summed E-state index contributed by atoms with van der Waals surface area (Å²) in [6, 6.07) is 4.46. The van der Waals surface area contributed by atoms with Crippen molar-refractivity contribution in [2.24, 2.45) is 5.73 Å². The van der Waals surface area contributed by atoms with Crippen molar-refractivity contribution in [2.75, 3.05) is 39.5 Å². The number of imide groups is 1. The van der Waals surface area contributed by atoms with Crippen molar-refractivity contribution in [1.82, 2.24) is 4.90 Å². The normalized spacial score (nSPS) is 13.6. The number of fused-ring (bicyclic) bond motifs is 1. The van der Waals surface area contributed by atoms with E-state index >= 15 is 0 Å². The maximum absolute atomic E-state index is 12.2. The van der Waals surface area contributed by atoms with Gasteiger partial charge in [-0.25, -0.2) is 0 Å². The molecule has 0 saturated heterocycles. The fraction of sp³-hybridized carbons (Fsp3) is 0.400. The van der Waals surface area contributed by atoms with Crippen LogP contribution in [0.3, 0.4) is 0 Å². The molecular weight excluding hydrogens is 288 g/mol. The summed E-state index contributed by atoms with van der Waals surface area (Å²) in [5, 5.41) is 0. The zero-order valence-corrected chi connectivity index (χ0v) is 12.1. The highest BCUT2D eigenvalue weighted by Gasteiger charge is 2.35. The van der Waals surface area contributed by atoms with Crippen LogP contribution in [-0.2, 0) is 9.47 Å². The summed E-state index contributed by atoms with van der Waals surface area (Å²) in [5.41, 5.74) is 6.23. The third-order valence-electron chi connectivity index (χ3n) is 3.22. The molecule has 1 aromatic carbocycles. The first-order chi connectivity index (χ1) is 10.7. The summed E-state index contributed by atoms with van der Waals surface area (Å²) in [6.07, 6.45) is 0.644. The van der Waals surface area contributed by atoms with Gasteiger partial charge in [0.05, 0.1) is 44.1 Å². The van der Waals surface area contributed by atoms with Crippen LogP contribution in [0.4, 0.5) is 0 Å². The van der Waals surface area contributed by atoms with Crippen LogP contribution < -0.4 is 5.73 Å². The molecule has 0 spiro atoms. The van der Waals surface area contributed by atoms with Crippen LogP contribution in [0, 0.1) is 0 Å². The number of aldehydes is 1. The van der Waals surface area contributed by atoms with Crippen molar-refractivity contribution in [3.05, 3.63) is 34.9 Å². The fourth-order valence-corrected chi connectivity index (χ4v) is 2.15. The largest absolute Gasteiger partial charge is 0.378 e. The Labute approximate surface area is 128 Å². The van der Waals surface area contributed by atoms with Crippen LogP contribution in [0.5, 0.6) is 0 Å². The number of nitrogens with two attached hydrogens (primary N) is 1. The molecule has 2 N–H and O–H groups in total. The lowest BCUT2D eigenvalue weighted by atomic mass is 10.1. The maximum Gasteiger partial charge on any atom is 0.261 e. The quantitative estimate of drug-likeness (QED) is 0.394. The molecule has 0 saturated carbocycles. The lowest BCUT2D eigenvalue weighted by molar-refractivity contribution is 0.0372. The number of ether oxygens (including phenoxy) is 2. The maximum atomic E-state index is 12.2. The average Bonchev–Trinajstić information content (AvgIpc) is 2.78. The molecule has 118 valence electrons. The molecule has 1 aromatic rings. The predicted molar refractivity (Wildman–Crippen MR) is 77.9 cm³/mol. The molecule has 0 fully saturated rings. The third kappa shape index (κ3) is 3.56. The Hall–Kier alpha value is -2.09. The summed E-state index contributed by atoms with van der Waals surface area (Å²) in [4.78, 5) is 36.2. The van der Waals surface area contributed by atoms with Crippen LogP contribution in [0.2, 0.25) is 0 Å². The number of carbonyl (C=O) groups is 3. The Kier molecular flexibility index (Phi) is 5.76. The van der Waals surface area contributed by atoms with E-state index in [4.69, 9.17) is 15.2 Å². The third-order valence-corrected chi connectivity index (χ3v) is 3.22. The zero-order chi connectivity index (χ0) is 15.9. The number of carbonyl (C=O) groups excluding carboxylic acids is 3. The van der Waals surface area contributed by atoms with Gasteiger partial charge < -0.3 is 15.2 Å². The Morgan fingerprint density at radius 3 is 2.36 bits per heavy atom. The van der Waals surface area contributed by atoms with Gasteiger partial charge in [-0.15, -0.1) is 0 Å². The number of amides is 2. The van der Waals surface area contributed by atoms with Gasteiger partial charge in [0.2, 0.25) is 0 Å². The molecule has 0 aliphatic carbocycles. The number of hydrogen-bond acceptors (Lipinski definition) is 6. The zero-order valence-electron chi connectivity index (χ0n) is 12.1. The minimum absolute atomic E-state index is 0.166. The first kappa shape index (κ1) is 16.3. The molecule has 7 heteroatoms. The number of rotatable bonds is 9. The SMILES string of the molecule is NCCOCCOCCN1C(=O)c2ccc(C=O)cc2C1=O. The van der Waals surface area contributed by atoms with Crippen molar-refractivity contribution < 1.29 is 23.9 Å². The molecule has 1 aliphatic heterocycles. The standard InChI is InChI=1S/C15H18N2O5/c16-3-5-21-7-8-22-6-4-17-14(19)12-2-1-11(10-18)9-13(12)15(17)20/h1-2,9-10H,3-8,16H2. The van der Waals surface area contributed by atoms with Gasteiger partial charge in [0.1, 0.15) is 6.29 Å². The number of hydrogen-bond donors (Lipinski definition) is 1. The molecule has 22 heavy (non-hydrogen) atoms. The number of nitrogens with zero attached hydrogens (tertiary/aromatic N) is 1. The molecule has 0 aromatic heterocycles. The van der Waals surface area contributed by atoms with E-state index in [1.165, 1.54) is 18.2 Å². The van der Waals surface area contributed by atoms with E-state index in [1.54, 1.807) is 0 Å². The molecule has 1 aliphatic rings. The highest BCUT2D eigenvalue weighted by atomic mass is 16.5. The Morgan fingerprint density at radius 2 is 1.68 bits per heavy atom. The molecule has 0 bridgehead atoms. The Morgan fingerprint density at radius 1 is 1.00 bits per heavy atom. The highest BCUT2D eigenvalue weighted by molar-refractivity contribution is 6.21. The van der Waals surface area contributed by atoms with Crippen LogP contribution in [-0.4, -0.2) is 62.5 Å². The minimum Gasteiger partial charge on any atom is -0.378 e. The lowest BCUT2D eigenvalue weighted by Crippen LogP contribution is -2.33. The molecule has 0 unspecified atom stereocenters. The first-order valence-corrected chi connectivity index (χ1v) is 7.00. The second-order valence-corrected chi connectivity index (χ2v) is 4.70. The van der Waals surface area contributed by atoms with Crippen molar-refractivity contribution >= 4 is 18.1 Å². The fourth-order valence-electron chi connectivity index (χ4n) is 2.15. The minimum atomic E-state index is -0.397. The summed E-state index contributed by atoms with van der Waals surface area (Å²) < 4.78 is 10.5. The van der Waals surface area contributed by atoms with E-state index in [-0.39, 0.29) is 24.6 Å². The van der Waals surface area contributed by atoms with E-state index in [9.17, 15) is 14.4 Å². The van der Waals surface area contributed by atoms with Gasteiger partial charge >= 0.3 is 0 Å². The molecule has 0 radical (unpaired) electrons. The van der Waals surface area contributed by atoms with Crippen molar-refractivity contribution in [3.63, 3.8) is 0 Å². The van der Waals surface area contributed by atoms with Gasteiger partial charge in [-0.3, -0.25) is 19.3 Å². The second-order valence-electron chi connectivity index (χ2n) is 4.70. The van der Waals surface area contributed by atoms with E-state index in [0.29, 0.717) is 43.8 Å². The van der Waals surface area contributed by atoms with Crippen LogP contribution >= 0.6 is 0 Å². The highest BCUT2D eigenvalue weighted by Crippen LogP contribution is 2.23. The van der Waals surface area contributed by atoms with E-state index in [1.807, 2.05) is 0 Å². The summed E-state index contributed by atoms with van der Waals surface area (Å²) in [7, 11) is 0. The van der Waals surface area contributed by atoms with Crippen LogP contribution in [0.25, 0.3) is 0 Å². The molecule has 1 heterocycles. The molecule has 7 nitrogen and oxygen atoms in total. The topological polar surface area (TPSA) is 98.9 Å². The van der Waals surface area contributed by atoms with Crippen molar-refractivity contribution in [2.45, 2.75) is 0 Å². The van der Waals surface area contributed by atoms with Gasteiger partial charge in [-0.1, -0.05) is 6.07 Å². The van der Waals surface area contributed by atoms with Crippen LogP contribution in [0.15, 0.2) is 18.2 Å². The van der Waals surface area contributed by atoms with Crippen molar-refractivity contribution in [1.29, 1.82) is 0 Å². The van der Waals surface area contributed by atoms with Gasteiger partial charge in [0.25, 0.3) is 11.8 Å². The summed E-state index contributed by atoms with van der Waals surface area (Å²) >= 11 is 0. The average molecular weight is 306 g/mol. The van der Waals surface area contributed by atoms with Crippen LogP contribution in [0.1, 0.15) is 31.1 Å². The van der Waals surface area contributed by atoms with Gasteiger partial charge in [-0.05, 0) is 12.1 Å². The van der Waals surface area contributed by atoms with Crippen molar-refractivity contribution in [3.8, 4) is 0 Å². The number of benzene rings is 1. The molecular formula is C15H18N2O5. The van der Waals surface area contributed by atoms with E-state index in [2.05, 4.69) is 0 Å². The molecule has 0 atom stereocenters. The molecule has 2 rings (SSSR count). The lowest BCUT2D eigenvalue weighted by Gasteiger charge is -2.13.